The zero-order chi connectivity index (χ0) is 22.8. The highest BCUT2D eigenvalue weighted by Gasteiger charge is 2.25. The molecule has 2 N–H and O–H groups in total. The van der Waals surface area contributed by atoms with Gasteiger partial charge in [-0.15, -0.1) is 0 Å². The summed E-state index contributed by atoms with van der Waals surface area (Å²) in [6.45, 7) is -0.708. The van der Waals surface area contributed by atoms with Gasteiger partial charge in [0.05, 0.1) is 21.5 Å². The van der Waals surface area contributed by atoms with Gasteiger partial charge in [-0.3, -0.25) is 10.1 Å². The van der Waals surface area contributed by atoms with E-state index in [1.807, 2.05) is 0 Å². The largest absolute Gasteiger partial charge is 0.507 e. The summed E-state index contributed by atoms with van der Waals surface area (Å²) in [7, 11) is -3.89. The average molecular weight is 442 g/mol. The summed E-state index contributed by atoms with van der Waals surface area (Å²) >= 11 is 0. The molecule has 0 spiro atoms. The minimum Gasteiger partial charge on any atom is -0.507 e. The second-order valence-electron chi connectivity index (χ2n) is 6.32. The molecule has 12 heteroatoms. The Hall–Kier alpha value is -4.24. The predicted molar refractivity (Wildman–Crippen MR) is 108 cm³/mol. The molecule has 0 amide bonds. The number of nitriles is 1. The number of H-pyrrole nitrogens is 1. The molecular formula is C19H14N4O7S. The molecule has 31 heavy (non-hydrogen) atoms. The molecule has 0 bridgehead atoms. The molecule has 0 unspecified atom stereocenters. The van der Waals surface area contributed by atoms with E-state index in [2.05, 4.69) is 9.97 Å². The summed E-state index contributed by atoms with van der Waals surface area (Å²) < 4.78 is 28.2. The van der Waals surface area contributed by atoms with Crippen LogP contribution in [-0.2, 0) is 14.6 Å². The van der Waals surface area contributed by atoms with Crippen molar-refractivity contribution in [2.24, 2.45) is 0 Å². The number of aromatic nitrogens is 2. The SMILES string of the molecule is CS(=O)(=O)c1ccc(C(=O)OC/C(O)=C(\C#N)c2nc3ccccc3[nH]2)cc1[N+](=O)[O-]. The first-order valence-corrected chi connectivity index (χ1v) is 10.4. The van der Waals surface area contributed by atoms with E-state index in [4.69, 9.17) is 4.74 Å². The lowest BCUT2D eigenvalue weighted by Crippen LogP contribution is -2.11. The van der Waals surface area contributed by atoms with Gasteiger partial charge in [-0.25, -0.2) is 18.2 Å². The molecule has 158 valence electrons. The molecule has 0 saturated heterocycles. The van der Waals surface area contributed by atoms with Gasteiger partial charge in [-0.1, -0.05) is 12.1 Å². The Bertz CT molecular complexity index is 1350. The van der Waals surface area contributed by atoms with Gasteiger partial charge in [0.25, 0.3) is 5.69 Å². The van der Waals surface area contributed by atoms with Crippen LogP contribution in [0.2, 0.25) is 0 Å². The van der Waals surface area contributed by atoms with E-state index in [9.17, 15) is 33.7 Å². The smallest absolute Gasteiger partial charge is 0.338 e. The summed E-state index contributed by atoms with van der Waals surface area (Å²) in [6.07, 6.45) is 0.803. The first-order chi connectivity index (χ1) is 14.6. The molecule has 3 rings (SSSR count). The summed E-state index contributed by atoms with van der Waals surface area (Å²) in [4.78, 5) is 29.0. The lowest BCUT2D eigenvalue weighted by Gasteiger charge is -2.07. The highest BCUT2D eigenvalue weighted by Crippen LogP contribution is 2.25. The summed E-state index contributed by atoms with van der Waals surface area (Å²) in [6, 6.07) is 11.5. The zero-order valence-electron chi connectivity index (χ0n) is 15.9. The molecule has 2 aromatic carbocycles. The van der Waals surface area contributed by atoms with Crippen LogP contribution in [0.3, 0.4) is 0 Å². The number of esters is 1. The number of nitrogens with zero attached hydrogens (tertiary/aromatic N) is 3. The van der Waals surface area contributed by atoms with Crippen molar-refractivity contribution in [3.05, 3.63) is 69.7 Å². The van der Waals surface area contributed by atoms with Crippen molar-refractivity contribution in [3.63, 3.8) is 0 Å². The number of nitro benzene ring substituents is 1. The normalized spacial score (nSPS) is 12.1. The Morgan fingerprint density at radius 3 is 2.65 bits per heavy atom. The third-order valence-electron chi connectivity index (χ3n) is 4.16. The van der Waals surface area contributed by atoms with Crippen molar-refractivity contribution in [1.82, 2.24) is 9.97 Å². The quantitative estimate of drug-likeness (QED) is 0.191. The number of ether oxygens (including phenoxy) is 1. The van der Waals surface area contributed by atoms with Gasteiger partial charge in [0, 0.05) is 12.3 Å². The molecule has 1 aromatic heterocycles. The van der Waals surface area contributed by atoms with Crippen molar-refractivity contribution < 1.29 is 28.0 Å². The lowest BCUT2D eigenvalue weighted by molar-refractivity contribution is -0.387. The van der Waals surface area contributed by atoms with Gasteiger partial charge in [0.15, 0.2) is 21.4 Å². The van der Waals surface area contributed by atoms with E-state index in [1.54, 1.807) is 30.3 Å². The molecule has 0 aliphatic carbocycles. The Morgan fingerprint density at radius 1 is 1.32 bits per heavy atom. The molecular weight excluding hydrogens is 428 g/mol. The van der Waals surface area contributed by atoms with Crippen LogP contribution in [-0.4, -0.2) is 47.2 Å². The van der Waals surface area contributed by atoms with Crippen LogP contribution in [0.4, 0.5) is 5.69 Å². The highest BCUT2D eigenvalue weighted by molar-refractivity contribution is 7.90. The average Bonchev–Trinajstić information content (AvgIpc) is 3.15. The molecule has 0 fully saturated rings. The molecule has 0 aliphatic heterocycles. The molecule has 0 atom stereocenters. The van der Waals surface area contributed by atoms with E-state index in [-0.39, 0.29) is 17.0 Å². The maximum Gasteiger partial charge on any atom is 0.338 e. The van der Waals surface area contributed by atoms with Gasteiger partial charge in [0.2, 0.25) is 0 Å². The van der Waals surface area contributed by atoms with Gasteiger partial charge in [0.1, 0.15) is 23.1 Å². The fourth-order valence-corrected chi connectivity index (χ4v) is 3.54. The number of hydrogen-bond donors (Lipinski definition) is 2. The van der Waals surface area contributed by atoms with Gasteiger partial charge < -0.3 is 14.8 Å². The van der Waals surface area contributed by atoms with E-state index in [1.165, 1.54) is 0 Å². The van der Waals surface area contributed by atoms with Crippen molar-refractivity contribution in [2.45, 2.75) is 4.90 Å². The number of para-hydroxylation sites is 2. The summed E-state index contributed by atoms with van der Waals surface area (Å²) in [5.41, 5.74) is -0.130. The van der Waals surface area contributed by atoms with Gasteiger partial charge >= 0.3 is 5.97 Å². The maximum atomic E-state index is 12.2. The summed E-state index contributed by atoms with van der Waals surface area (Å²) in [5, 5.41) is 30.7. The van der Waals surface area contributed by atoms with Crippen molar-refractivity contribution in [3.8, 4) is 6.07 Å². The third-order valence-corrected chi connectivity index (χ3v) is 5.30. The third kappa shape index (κ3) is 4.51. The van der Waals surface area contributed by atoms with Crippen LogP contribution in [0.5, 0.6) is 0 Å². The Balaban J connectivity index is 1.84. The lowest BCUT2D eigenvalue weighted by atomic mass is 10.2. The van der Waals surface area contributed by atoms with E-state index >= 15 is 0 Å². The number of nitrogens with one attached hydrogen (secondary N) is 1. The number of aromatic amines is 1. The minimum atomic E-state index is -3.89. The van der Waals surface area contributed by atoms with E-state index < -0.39 is 43.7 Å². The van der Waals surface area contributed by atoms with Crippen molar-refractivity contribution in [2.75, 3.05) is 12.9 Å². The van der Waals surface area contributed by atoms with Crippen molar-refractivity contribution in [1.29, 1.82) is 5.26 Å². The molecule has 0 radical (unpaired) electrons. The number of carbonyl (C=O) groups excluding carboxylic acids is 1. The number of aliphatic hydroxyl groups is 1. The first-order valence-electron chi connectivity index (χ1n) is 8.54. The first kappa shape index (κ1) is 21.5. The van der Waals surface area contributed by atoms with E-state index in [0.29, 0.717) is 11.0 Å². The fraction of sp³-hybridized carbons (Fsp3) is 0.105. The number of fused-ring (bicyclic) bond motifs is 1. The van der Waals surface area contributed by atoms with Crippen LogP contribution in [0, 0.1) is 21.4 Å². The van der Waals surface area contributed by atoms with Crippen LogP contribution in [0.15, 0.2) is 53.1 Å². The number of benzene rings is 2. The second-order valence-corrected chi connectivity index (χ2v) is 8.31. The highest BCUT2D eigenvalue weighted by atomic mass is 32.2. The zero-order valence-corrected chi connectivity index (χ0v) is 16.7. The Kier molecular flexibility index (Phi) is 5.71. The molecule has 11 nitrogen and oxygen atoms in total. The second kappa shape index (κ2) is 8.25. The molecule has 0 aliphatic rings. The molecule has 3 aromatic rings. The minimum absolute atomic E-state index is 0.0744. The number of allylic oxidation sites excluding steroid dienone is 1. The van der Waals surface area contributed by atoms with Gasteiger partial charge in [-0.05, 0) is 24.3 Å². The van der Waals surface area contributed by atoms with Gasteiger partial charge in [-0.2, -0.15) is 5.26 Å². The fourth-order valence-electron chi connectivity index (χ4n) is 2.72. The Morgan fingerprint density at radius 2 is 2.03 bits per heavy atom. The number of rotatable bonds is 6. The molecule has 0 saturated carbocycles. The van der Waals surface area contributed by atoms with Crippen molar-refractivity contribution >= 4 is 38.1 Å². The topological polar surface area (TPSA) is 176 Å². The summed E-state index contributed by atoms with van der Waals surface area (Å²) in [5.74, 6) is -1.57. The number of aliphatic hydroxyl groups excluding tert-OH is 1. The monoisotopic (exact) mass is 442 g/mol. The number of sulfone groups is 1. The van der Waals surface area contributed by atoms with Crippen LogP contribution in [0.25, 0.3) is 16.6 Å². The predicted octanol–water partition coefficient (Wildman–Crippen LogP) is 2.52. The standard InChI is InChI=1S/C19H14N4O7S/c1-31(28,29)17-7-6-11(8-15(17)23(26)27)19(25)30-10-16(24)12(9-20)18-21-13-4-2-3-5-14(13)22-18/h2-8,24H,10H2,1H3,(H,21,22)/b16-12-. The number of hydrogen-bond acceptors (Lipinski definition) is 9. The van der Waals surface area contributed by atoms with Crippen LogP contribution in [0.1, 0.15) is 16.2 Å². The van der Waals surface area contributed by atoms with E-state index in [0.717, 1.165) is 24.5 Å². The van der Waals surface area contributed by atoms with Crippen LogP contribution < -0.4 is 0 Å². The maximum absolute atomic E-state index is 12.2. The molecule has 1 heterocycles. The Labute approximate surface area is 175 Å². The number of carbonyl (C=O) groups is 1. The number of nitro groups is 1. The van der Waals surface area contributed by atoms with Crippen LogP contribution >= 0.6 is 0 Å². The number of imidazole rings is 1.